The van der Waals surface area contributed by atoms with Gasteiger partial charge in [-0.3, -0.25) is 14.5 Å². The third-order valence-corrected chi connectivity index (χ3v) is 7.55. The van der Waals surface area contributed by atoms with E-state index in [1.54, 1.807) is 0 Å². The number of carbonyl (C=O) groups is 2. The van der Waals surface area contributed by atoms with E-state index in [-0.39, 0.29) is 17.3 Å². The van der Waals surface area contributed by atoms with Crippen LogP contribution in [0, 0.1) is 0 Å². The highest BCUT2D eigenvalue weighted by Crippen LogP contribution is 2.27. The number of benzene rings is 1. The number of aromatic nitrogens is 2. The Labute approximate surface area is 231 Å². The number of hydrogen-bond acceptors (Lipinski definition) is 9. The molecule has 0 aliphatic carbocycles. The molecular formula is C29H41N7O3. The number of nitrogens with two attached hydrogens (primary N) is 1. The number of hydrogen-bond donors (Lipinski definition) is 2. The van der Waals surface area contributed by atoms with Crippen molar-refractivity contribution in [2.24, 2.45) is 5.73 Å². The number of anilines is 3. The number of piperidine rings is 1. The van der Waals surface area contributed by atoms with Crippen LogP contribution in [0.3, 0.4) is 0 Å². The van der Waals surface area contributed by atoms with Crippen LogP contribution in [0.5, 0.6) is 5.88 Å². The molecule has 0 bridgehead atoms. The summed E-state index contributed by atoms with van der Waals surface area (Å²) < 4.78 is 5.83. The average molecular weight is 536 g/mol. The van der Waals surface area contributed by atoms with Crippen LogP contribution in [0.2, 0.25) is 0 Å². The fourth-order valence-electron chi connectivity index (χ4n) is 5.15. The van der Waals surface area contributed by atoms with E-state index in [0.29, 0.717) is 43.5 Å². The minimum atomic E-state index is -0.664. The zero-order valence-corrected chi connectivity index (χ0v) is 23.2. The predicted molar refractivity (Wildman–Crippen MR) is 154 cm³/mol. The van der Waals surface area contributed by atoms with E-state index >= 15 is 0 Å². The number of amides is 1. The van der Waals surface area contributed by atoms with Gasteiger partial charge in [-0.2, -0.15) is 4.98 Å². The van der Waals surface area contributed by atoms with Gasteiger partial charge in [0.15, 0.2) is 17.3 Å². The zero-order chi connectivity index (χ0) is 27.8. The maximum absolute atomic E-state index is 12.2. The van der Waals surface area contributed by atoms with Crippen LogP contribution < -0.4 is 20.7 Å². The van der Waals surface area contributed by atoms with Crippen LogP contribution >= 0.6 is 0 Å². The normalized spacial score (nSPS) is 17.1. The molecule has 4 rings (SSSR count). The lowest BCUT2D eigenvalue weighted by Gasteiger charge is -2.42. The lowest BCUT2D eigenvalue weighted by Crippen LogP contribution is -2.52. The Morgan fingerprint density at radius 1 is 1.10 bits per heavy atom. The van der Waals surface area contributed by atoms with E-state index in [1.165, 1.54) is 37.7 Å². The van der Waals surface area contributed by atoms with Crippen LogP contribution in [0.1, 0.15) is 48.8 Å². The first-order chi connectivity index (χ1) is 18.9. The van der Waals surface area contributed by atoms with Crippen molar-refractivity contribution in [3.05, 3.63) is 48.3 Å². The van der Waals surface area contributed by atoms with Crippen LogP contribution in [-0.4, -0.2) is 90.4 Å². The largest absolute Gasteiger partial charge is 0.476 e. The van der Waals surface area contributed by atoms with E-state index in [0.717, 1.165) is 31.9 Å². The third-order valence-electron chi connectivity index (χ3n) is 7.55. The number of likely N-dealkylation sites (N-methyl/N-ethyl adjacent to an activating group) is 1. The summed E-state index contributed by atoms with van der Waals surface area (Å²) in [5.74, 6) is -0.120. The molecule has 1 aromatic heterocycles. The maximum atomic E-state index is 12.2. The van der Waals surface area contributed by atoms with Crippen molar-refractivity contribution in [1.29, 1.82) is 0 Å². The van der Waals surface area contributed by atoms with Crippen LogP contribution in [-0.2, 0) is 11.2 Å². The average Bonchev–Trinajstić information content (AvgIpc) is 2.96. The summed E-state index contributed by atoms with van der Waals surface area (Å²) >= 11 is 0. The number of carbonyl (C=O) groups excluding carboxylic acids is 2. The number of nitrogens with one attached hydrogen (secondary N) is 1. The highest BCUT2D eigenvalue weighted by Gasteiger charge is 2.27. The van der Waals surface area contributed by atoms with Crippen molar-refractivity contribution in [3.63, 3.8) is 0 Å². The number of aryl methyl sites for hydroxylation is 1. The number of primary amides is 1. The van der Waals surface area contributed by atoms with Gasteiger partial charge in [-0.05, 0) is 63.1 Å². The smallest absolute Gasteiger partial charge is 0.271 e. The second-order valence-electron chi connectivity index (χ2n) is 10.2. The quantitative estimate of drug-likeness (QED) is 0.312. The van der Waals surface area contributed by atoms with Gasteiger partial charge in [0.25, 0.3) is 5.91 Å². The Morgan fingerprint density at radius 3 is 2.41 bits per heavy atom. The summed E-state index contributed by atoms with van der Waals surface area (Å²) in [4.78, 5) is 40.1. The first-order valence-electron chi connectivity index (χ1n) is 13.9. The van der Waals surface area contributed by atoms with E-state index in [9.17, 15) is 9.59 Å². The molecular weight excluding hydrogens is 494 g/mol. The second-order valence-corrected chi connectivity index (χ2v) is 10.2. The second kappa shape index (κ2) is 13.5. The topological polar surface area (TPSA) is 117 Å². The third kappa shape index (κ3) is 7.54. The molecule has 0 radical (unpaired) electrons. The Balaban J connectivity index is 1.39. The molecule has 10 heteroatoms. The number of ketones is 1. The van der Waals surface area contributed by atoms with Crippen LogP contribution in [0.4, 0.5) is 17.2 Å². The minimum Gasteiger partial charge on any atom is -0.476 e. The van der Waals surface area contributed by atoms with Gasteiger partial charge in [0.2, 0.25) is 5.88 Å². The molecule has 1 aromatic carbocycles. The molecule has 39 heavy (non-hydrogen) atoms. The van der Waals surface area contributed by atoms with Crippen molar-refractivity contribution in [2.45, 2.75) is 45.1 Å². The lowest BCUT2D eigenvalue weighted by molar-refractivity contribution is -0.114. The standard InChI is InChI=1S/C29H41N7O3/c1-4-24(37)7-6-20-39-29-25(5-2)32-26(27(30)38)28(33-29)31-21-8-10-22(11-9-21)35-14-12-23(13-15-35)36-18-16-34(3)17-19-36/h4,8-11,23H,1,5-7,12-20H2,2-3H3,(H2,30,38)(H,31,33). The van der Waals surface area contributed by atoms with Crippen molar-refractivity contribution in [1.82, 2.24) is 19.8 Å². The molecule has 2 fully saturated rings. The molecule has 3 N–H and O–H groups in total. The van der Waals surface area contributed by atoms with E-state index in [1.807, 2.05) is 19.1 Å². The van der Waals surface area contributed by atoms with E-state index < -0.39 is 5.91 Å². The summed E-state index contributed by atoms with van der Waals surface area (Å²) in [6.45, 7) is 12.4. The fourth-order valence-corrected chi connectivity index (χ4v) is 5.15. The van der Waals surface area contributed by atoms with Gasteiger partial charge in [-0.25, -0.2) is 4.98 Å². The molecule has 210 valence electrons. The molecule has 0 atom stereocenters. The van der Waals surface area contributed by atoms with Crippen molar-refractivity contribution in [2.75, 3.05) is 63.1 Å². The number of allylic oxidation sites excluding steroid dienone is 1. The first-order valence-corrected chi connectivity index (χ1v) is 13.9. The predicted octanol–water partition coefficient (Wildman–Crippen LogP) is 3.01. The highest BCUT2D eigenvalue weighted by atomic mass is 16.5. The molecule has 2 aromatic rings. The zero-order valence-electron chi connectivity index (χ0n) is 23.2. The van der Waals surface area contributed by atoms with Gasteiger partial charge in [-0.1, -0.05) is 13.5 Å². The molecule has 1 amide bonds. The Kier molecular flexibility index (Phi) is 9.89. The van der Waals surface area contributed by atoms with E-state index in [2.05, 4.69) is 55.7 Å². The molecule has 10 nitrogen and oxygen atoms in total. The molecule has 2 aliphatic heterocycles. The number of ether oxygens (including phenoxy) is 1. The van der Waals surface area contributed by atoms with Crippen LogP contribution in [0.15, 0.2) is 36.9 Å². The Morgan fingerprint density at radius 2 is 1.79 bits per heavy atom. The van der Waals surface area contributed by atoms with Gasteiger partial charge >= 0.3 is 0 Å². The number of rotatable bonds is 12. The van der Waals surface area contributed by atoms with Gasteiger partial charge in [0.05, 0.1) is 6.61 Å². The Hall–Kier alpha value is -3.50. The fraction of sp³-hybridized carbons (Fsp3) is 0.517. The molecule has 3 heterocycles. The van der Waals surface area contributed by atoms with Gasteiger partial charge in [0, 0.05) is 63.1 Å². The molecule has 2 aliphatic rings. The van der Waals surface area contributed by atoms with Gasteiger partial charge < -0.3 is 25.6 Å². The number of nitrogens with zero attached hydrogens (tertiary/aromatic N) is 5. The number of piperazine rings is 1. The summed E-state index contributed by atoms with van der Waals surface area (Å²) in [5.41, 5.74) is 8.18. The summed E-state index contributed by atoms with van der Waals surface area (Å²) in [5, 5.41) is 3.20. The SMILES string of the molecule is C=CC(=O)CCCOc1nc(Nc2ccc(N3CCC(N4CCN(C)CC4)CC3)cc2)c(C(N)=O)nc1CC. The highest BCUT2D eigenvalue weighted by molar-refractivity contribution is 5.96. The summed E-state index contributed by atoms with van der Waals surface area (Å²) in [6, 6.07) is 8.80. The molecule has 0 unspecified atom stereocenters. The molecule has 0 saturated carbocycles. The summed E-state index contributed by atoms with van der Waals surface area (Å²) in [6.07, 6.45) is 5.06. The molecule has 2 saturated heterocycles. The monoisotopic (exact) mass is 535 g/mol. The van der Waals surface area contributed by atoms with Crippen LogP contribution in [0.25, 0.3) is 0 Å². The first kappa shape index (κ1) is 28.5. The minimum absolute atomic E-state index is 0.0327. The Bertz CT molecular complexity index is 1140. The summed E-state index contributed by atoms with van der Waals surface area (Å²) in [7, 11) is 2.20. The van der Waals surface area contributed by atoms with E-state index in [4.69, 9.17) is 10.5 Å². The van der Waals surface area contributed by atoms with Crippen molar-refractivity contribution in [3.8, 4) is 5.88 Å². The van der Waals surface area contributed by atoms with Gasteiger partial charge in [-0.15, -0.1) is 0 Å². The molecule has 0 spiro atoms. The lowest BCUT2D eigenvalue weighted by atomic mass is 10.0. The van der Waals surface area contributed by atoms with Crippen molar-refractivity contribution >= 4 is 28.9 Å². The van der Waals surface area contributed by atoms with Crippen molar-refractivity contribution < 1.29 is 14.3 Å². The van der Waals surface area contributed by atoms with Gasteiger partial charge in [0.1, 0.15) is 5.69 Å². The maximum Gasteiger partial charge on any atom is 0.271 e.